The third-order valence-corrected chi connectivity index (χ3v) is 3.97. The van der Waals surface area contributed by atoms with Gasteiger partial charge in [0.05, 0.1) is 26.4 Å². The van der Waals surface area contributed by atoms with Gasteiger partial charge in [-0.15, -0.1) is 0 Å². The number of hydrogen-bond acceptors (Lipinski definition) is 4. The first kappa shape index (κ1) is 14.3. The van der Waals surface area contributed by atoms with Crippen LogP contribution in [-0.4, -0.2) is 33.4 Å². The number of rotatable bonds is 3. The highest BCUT2D eigenvalue weighted by molar-refractivity contribution is 5.45. The molecule has 106 valence electrons. The molecule has 1 aliphatic rings. The van der Waals surface area contributed by atoms with E-state index in [4.69, 9.17) is 14.2 Å². The van der Waals surface area contributed by atoms with Crippen LogP contribution in [0, 0.1) is 13.8 Å². The van der Waals surface area contributed by atoms with Gasteiger partial charge in [-0.2, -0.15) is 0 Å². The molecule has 4 heteroatoms. The lowest BCUT2D eigenvalue weighted by molar-refractivity contribution is -0.272. The molecule has 19 heavy (non-hydrogen) atoms. The van der Waals surface area contributed by atoms with E-state index in [1.807, 2.05) is 26.1 Å². The van der Waals surface area contributed by atoms with Crippen molar-refractivity contribution in [2.24, 2.45) is 0 Å². The summed E-state index contributed by atoms with van der Waals surface area (Å²) >= 11 is 0. The third kappa shape index (κ3) is 2.61. The zero-order chi connectivity index (χ0) is 14.0. The van der Waals surface area contributed by atoms with E-state index in [2.05, 4.69) is 19.2 Å². The molecule has 1 aliphatic heterocycles. The van der Waals surface area contributed by atoms with E-state index in [-0.39, 0.29) is 6.04 Å². The molecular weight excluding hydrogens is 242 g/mol. The summed E-state index contributed by atoms with van der Waals surface area (Å²) in [4.78, 5) is 0. The van der Waals surface area contributed by atoms with Crippen LogP contribution in [0.4, 0.5) is 0 Å². The normalized spacial score (nSPS) is 27.3. The largest absolute Gasteiger partial charge is 0.496 e. The maximum Gasteiger partial charge on any atom is 0.192 e. The monoisotopic (exact) mass is 265 g/mol. The van der Waals surface area contributed by atoms with E-state index in [0.29, 0.717) is 13.2 Å². The van der Waals surface area contributed by atoms with Gasteiger partial charge in [-0.25, -0.2) is 0 Å². The van der Waals surface area contributed by atoms with Crippen LogP contribution in [0.1, 0.15) is 23.6 Å². The molecule has 0 saturated carbocycles. The van der Waals surface area contributed by atoms with Crippen LogP contribution in [0.25, 0.3) is 0 Å². The SMILES string of the molecule is CNC1COC(C)(c2ccc(OC)c(C)c2C)OC1. The van der Waals surface area contributed by atoms with Crippen molar-refractivity contribution in [2.45, 2.75) is 32.6 Å². The number of nitrogens with one attached hydrogen (secondary N) is 1. The lowest BCUT2D eigenvalue weighted by Crippen LogP contribution is -2.47. The molecule has 0 spiro atoms. The van der Waals surface area contributed by atoms with Crippen LogP contribution in [0.2, 0.25) is 0 Å². The zero-order valence-corrected chi connectivity index (χ0v) is 12.4. The first-order valence-corrected chi connectivity index (χ1v) is 6.61. The topological polar surface area (TPSA) is 39.7 Å². The van der Waals surface area contributed by atoms with Crippen molar-refractivity contribution in [3.05, 3.63) is 28.8 Å². The molecule has 1 aromatic rings. The Labute approximate surface area is 115 Å². The number of benzene rings is 1. The van der Waals surface area contributed by atoms with Crippen LogP contribution in [-0.2, 0) is 15.3 Å². The maximum atomic E-state index is 5.94. The molecule has 0 unspecified atom stereocenters. The van der Waals surface area contributed by atoms with Crippen molar-refractivity contribution < 1.29 is 14.2 Å². The van der Waals surface area contributed by atoms with E-state index in [1.165, 1.54) is 0 Å². The minimum atomic E-state index is -0.672. The Hall–Kier alpha value is -1.10. The van der Waals surface area contributed by atoms with E-state index >= 15 is 0 Å². The van der Waals surface area contributed by atoms with Gasteiger partial charge in [-0.05, 0) is 51.1 Å². The van der Waals surface area contributed by atoms with E-state index < -0.39 is 5.79 Å². The van der Waals surface area contributed by atoms with Gasteiger partial charge >= 0.3 is 0 Å². The minimum absolute atomic E-state index is 0.257. The van der Waals surface area contributed by atoms with Crippen molar-refractivity contribution in [3.63, 3.8) is 0 Å². The second-order valence-electron chi connectivity index (χ2n) is 5.12. The fourth-order valence-corrected chi connectivity index (χ4v) is 2.44. The minimum Gasteiger partial charge on any atom is -0.496 e. The molecule has 4 nitrogen and oxygen atoms in total. The van der Waals surface area contributed by atoms with Crippen LogP contribution in [0.5, 0.6) is 5.75 Å². The van der Waals surface area contributed by atoms with Gasteiger partial charge in [0.2, 0.25) is 0 Å². The van der Waals surface area contributed by atoms with Crippen LogP contribution < -0.4 is 10.1 Å². The molecule has 1 N–H and O–H groups in total. The molecule has 0 aromatic heterocycles. The van der Waals surface area contributed by atoms with E-state index in [0.717, 1.165) is 22.4 Å². The second-order valence-corrected chi connectivity index (χ2v) is 5.12. The Kier molecular flexibility index (Phi) is 4.13. The van der Waals surface area contributed by atoms with E-state index in [1.54, 1.807) is 7.11 Å². The van der Waals surface area contributed by atoms with Crippen LogP contribution in [0.3, 0.4) is 0 Å². The van der Waals surface area contributed by atoms with Gasteiger partial charge < -0.3 is 19.5 Å². The number of hydrogen-bond donors (Lipinski definition) is 1. The summed E-state index contributed by atoms with van der Waals surface area (Å²) in [5.74, 6) is 0.225. The van der Waals surface area contributed by atoms with Crippen molar-refractivity contribution >= 4 is 0 Å². The number of likely N-dealkylation sites (N-methyl/N-ethyl adjacent to an activating group) is 1. The molecule has 0 bridgehead atoms. The van der Waals surface area contributed by atoms with Crippen molar-refractivity contribution in [3.8, 4) is 5.75 Å². The lowest BCUT2D eigenvalue weighted by atomic mass is 9.96. The summed E-state index contributed by atoms with van der Waals surface area (Å²) in [7, 11) is 3.61. The van der Waals surface area contributed by atoms with Crippen molar-refractivity contribution in [1.82, 2.24) is 5.32 Å². The summed E-state index contributed by atoms with van der Waals surface area (Å²) in [6.45, 7) is 7.41. The van der Waals surface area contributed by atoms with Crippen molar-refractivity contribution in [1.29, 1.82) is 0 Å². The Morgan fingerprint density at radius 1 is 1.21 bits per heavy atom. The van der Waals surface area contributed by atoms with Gasteiger partial charge in [-0.1, -0.05) is 0 Å². The number of methoxy groups -OCH3 is 1. The fourth-order valence-electron chi connectivity index (χ4n) is 2.44. The number of ether oxygens (including phenoxy) is 3. The van der Waals surface area contributed by atoms with Gasteiger partial charge in [0, 0.05) is 5.56 Å². The Morgan fingerprint density at radius 2 is 1.84 bits per heavy atom. The van der Waals surface area contributed by atoms with Gasteiger partial charge in [0.15, 0.2) is 5.79 Å². The highest BCUT2D eigenvalue weighted by atomic mass is 16.7. The van der Waals surface area contributed by atoms with Gasteiger partial charge in [0.1, 0.15) is 5.75 Å². The third-order valence-electron chi connectivity index (χ3n) is 3.97. The standard InChI is InChI=1S/C15H23NO3/c1-10-11(2)14(17-5)7-6-13(10)15(3)18-8-12(16-4)9-19-15/h6-7,12,16H,8-9H2,1-5H3. The highest BCUT2D eigenvalue weighted by Crippen LogP contribution is 2.36. The molecule has 0 amide bonds. The van der Waals surface area contributed by atoms with Crippen LogP contribution >= 0.6 is 0 Å². The molecule has 1 heterocycles. The summed E-state index contributed by atoms with van der Waals surface area (Å²) in [6.07, 6.45) is 0. The molecule has 1 fully saturated rings. The average molecular weight is 265 g/mol. The Bertz CT molecular complexity index is 451. The predicted molar refractivity (Wildman–Crippen MR) is 74.6 cm³/mol. The first-order valence-electron chi connectivity index (χ1n) is 6.61. The molecule has 1 aromatic carbocycles. The smallest absolute Gasteiger partial charge is 0.192 e. The summed E-state index contributed by atoms with van der Waals surface area (Å²) in [5.41, 5.74) is 3.36. The summed E-state index contributed by atoms with van der Waals surface area (Å²) in [6, 6.07) is 4.26. The van der Waals surface area contributed by atoms with Crippen LogP contribution in [0.15, 0.2) is 12.1 Å². The van der Waals surface area contributed by atoms with Gasteiger partial charge in [0.25, 0.3) is 0 Å². The molecule has 1 saturated heterocycles. The fraction of sp³-hybridized carbons (Fsp3) is 0.600. The zero-order valence-electron chi connectivity index (χ0n) is 12.4. The molecule has 0 atom stereocenters. The Balaban J connectivity index is 2.29. The highest BCUT2D eigenvalue weighted by Gasteiger charge is 2.36. The van der Waals surface area contributed by atoms with E-state index in [9.17, 15) is 0 Å². The average Bonchev–Trinajstić information content (AvgIpc) is 2.42. The Morgan fingerprint density at radius 3 is 2.37 bits per heavy atom. The molecule has 0 radical (unpaired) electrons. The molecule has 0 aliphatic carbocycles. The first-order chi connectivity index (χ1) is 9.01. The predicted octanol–water partition coefficient (Wildman–Crippen LogP) is 2.12. The maximum absolute atomic E-state index is 5.94. The second kappa shape index (κ2) is 5.49. The molecule has 2 rings (SSSR count). The lowest BCUT2D eigenvalue weighted by Gasteiger charge is -2.39. The van der Waals surface area contributed by atoms with Crippen molar-refractivity contribution in [2.75, 3.05) is 27.4 Å². The molecular formula is C15H23NO3. The summed E-state index contributed by atoms with van der Waals surface area (Å²) < 4.78 is 17.2. The van der Waals surface area contributed by atoms with Gasteiger partial charge in [-0.3, -0.25) is 0 Å². The quantitative estimate of drug-likeness (QED) is 0.908. The summed E-state index contributed by atoms with van der Waals surface area (Å²) in [5, 5.41) is 3.17.